The number of sulfone groups is 1. The molecule has 0 bridgehead atoms. The molecule has 0 N–H and O–H groups in total. The van der Waals surface area contributed by atoms with E-state index in [1.807, 2.05) is 18.9 Å². The molecule has 13 heavy (non-hydrogen) atoms. The van der Waals surface area contributed by atoms with Gasteiger partial charge in [0.1, 0.15) is 0 Å². The third-order valence-electron chi connectivity index (χ3n) is 1.77. The summed E-state index contributed by atoms with van der Waals surface area (Å²) in [6.45, 7) is 3.19. The first-order valence-corrected chi connectivity index (χ1v) is 6.82. The van der Waals surface area contributed by atoms with Gasteiger partial charge in [0, 0.05) is 24.7 Å². The van der Waals surface area contributed by atoms with Crippen LogP contribution in [0.5, 0.6) is 0 Å². The summed E-state index contributed by atoms with van der Waals surface area (Å²) in [5, 5.41) is 0. The van der Waals surface area contributed by atoms with Crippen LogP contribution < -0.4 is 0 Å². The molecule has 0 atom stereocenters. The molecule has 0 aliphatic heterocycles. The molecule has 0 aliphatic carbocycles. The van der Waals surface area contributed by atoms with Crippen LogP contribution in [-0.2, 0) is 9.84 Å². The minimum atomic E-state index is -2.83. The molecule has 0 spiro atoms. The van der Waals surface area contributed by atoms with Crippen molar-refractivity contribution in [3.8, 4) is 0 Å². The zero-order chi connectivity index (χ0) is 10.3. The largest absolute Gasteiger partial charge is 0.304 e. The average molecular weight is 228 g/mol. The number of halogens is 1. The Kier molecular flexibility index (Phi) is 6.73. The molecule has 0 saturated carbocycles. The molecule has 0 aromatic carbocycles. The highest BCUT2D eigenvalue weighted by molar-refractivity contribution is 7.91. The van der Waals surface area contributed by atoms with Gasteiger partial charge in [-0.1, -0.05) is 6.92 Å². The summed E-state index contributed by atoms with van der Waals surface area (Å²) in [7, 11) is -0.951. The quantitative estimate of drug-likeness (QED) is 0.609. The van der Waals surface area contributed by atoms with Crippen molar-refractivity contribution in [3.63, 3.8) is 0 Å². The summed E-state index contributed by atoms with van der Waals surface area (Å²) in [6, 6.07) is 0. The summed E-state index contributed by atoms with van der Waals surface area (Å²) in [5.74, 6) is 1.08. The van der Waals surface area contributed by atoms with Gasteiger partial charge in [0.25, 0.3) is 0 Å². The van der Waals surface area contributed by atoms with Crippen molar-refractivity contribution in [2.75, 3.05) is 37.5 Å². The summed E-state index contributed by atoms with van der Waals surface area (Å²) in [5.41, 5.74) is 0. The molecule has 5 heteroatoms. The zero-order valence-corrected chi connectivity index (χ0v) is 9.86. The van der Waals surface area contributed by atoms with Gasteiger partial charge >= 0.3 is 0 Å². The van der Waals surface area contributed by atoms with Gasteiger partial charge in [-0.25, -0.2) is 8.42 Å². The number of nitrogens with zero attached hydrogens (tertiary/aromatic N) is 1. The maximum Gasteiger partial charge on any atom is 0.151 e. The summed E-state index contributed by atoms with van der Waals surface area (Å²) >= 11 is 5.52. The summed E-state index contributed by atoms with van der Waals surface area (Å²) in [6.07, 6.45) is 0.696. The molecule has 0 unspecified atom stereocenters. The van der Waals surface area contributed by atoms with E-state index in [1.54, 1.807) is 0 Å². The highest BCUT2D eigenvalue weighted by atomic mass is 35.5. The van der Waals surface area contributed by atoms with Crippen molar-refractivity contribution in [1.29, 1.82) is 0 Å². The lowest BCUT2D eigenvalue weighted by molar-refractivity contribution is 0.375. The standard InChI is InChI=1S/C8H18ClNO2S/c1-3-7-13(11,12)8-6-10(2)5-4-9/h3-8H2,1-2H3. The van der Waals surface area contributed by atoms with Crippen LogP contribution in [0.1, 0.15) is 13.3 Å². The fraction of sp³-hybridized carbons (Fsp3) is 1.00. The van der Waals surface area contributed by atoms with Gasteiger partial charge in [-0.05, 0) is 13.5 Å². The second-order valence-corrected chi connectivity index (χ2v) is 5.83. The molecule has 0 aromatic heterocycles. The smallest absolute Gasteiger partial charge is 0.151 e. The number of rotatable bonds is 7. The highest BCUT2D eigenvalue weighted by Crippen LogP contribution is 1.95. The third-order valence-corrected chi connectivity index (χ3v) is 3.77. The molecule has 0 saturated heterocycles. The zero-order valence-electron chi connectivity index (χ0n) is 8.29. The second-order valence-electron chi connectivity index (χ2n) is 3.14. The van der Waals surface area contributed by atoms with Crippen LogP contribution in [0.4, 0.5) is 0 Å². The van der Waals surface area contributed by atoms with Crippen molar-refractivity contribution in [3.05, 3.63) is 0 Å². The summed E-state index contributed by atoms with van der Waals surface area (Å²) < 4.78 is 22.6. The fourth-order valence-corrected chi connectivity index (χ4v) is 2.67. The topological polar surface area (TPSA) is 37.4 Å². The molecular weight excluding hydrogens is 210 g/mol. The van der Waals surface area contributed by atoms with Crippen LogP contribution in [0.3, 0.4) is 0 Å². The van der Waals surface area contributed by atoms with Crippen LogP contribution in [0, 0.1) is 0 Å². The van der Waals surface area contributed by atoms with Gasteiger partial charge in [-0.15, -0.1) is 11.6 Å². The first-order valence-electron chi connectivity index (χ1n) is 4.46. The van der Waals surface area contributed by atoms with Crippen LogP contribution in [0.15, 0.2) is 0 Å². The first-order chi connectivity index (χ1) is 6.02. The lowest BCUT2D eigenvalue weighted by Crippen LogP contribution is -2.28. The predicted octanol–water partition coefficient (Wildman–Crippen LogP) is 0.982. The molecule has 0 amide bonds. The van der Waals surface area contributed by atoms with Gasteiger partial charge in [0.15, 0.2) is 9.84 Å². The molecule has 0 rings (SSSR count). The Labute approximate surface area is 86.0 Å². The van der Waals surface area contributed by atoms with Crippen molar-refractivity contribution >= 4 is 21.4 Å². The Hall–Kier alpha value is 0.200. The maximum atomic E-state index is 11.3. The number of hydrogen-bond donors (Lipinski definition) is 0. The summed E-state index contributed by atoms with van der Waals surface area (Å²) in [4.78, 5) is 1.93. The van der Waals surface area contributed by atoms with Crippen LogP contribution >= 0.6 is 11.6 Å². The molecule has 0 radical (unpaired) electrons. The van der Waals surface area contributed by atoms with Gasteiger partial charge in [0.2, 0.25) is 0 Å². The van der Waals surface area contributed by atoms with E-state index in [2.05, 4.69) is 0 Å². The molecule has 0 heterocycles. The Morgan fingerprint density at radius 2 is 1.85 bits per heavy atom. The van der Waals surface area contributed by atoms with E-state index in [1.165, 1.54) is 0 Å². The molecule has 3 nitrogen and oxygen atoms in total. The van der Waals surface area contributed by atoms with Crippen molar-refractivity contribution in [2.24, 2.45) is 0 Å². The maximum absolute atomic E-state index is 11.3. The normalized spacial score (nSPS) is 12.3. The lowest BCUT2D eigenvalue weighted by atomic mass is 10.6. The average Bonchev–Trinajstić information content (AvgIpc) is 2.02. The van der Waals surface area contributed by atoms with Crippen LogP contribution in [0.2, 0.25) is 0 Å². The Morgan fingerprint density at radius 1 is 1.23 bits per heavy atom. The van der Waals surface area contributed by atoms with Crippen LogP contribution in [-0.4, -0.2) is 50.8 Å². The second kappa shape index (κ2) is 6.62. The third kappa shape index (κ3) is 7.28. The lowest BCUT2D eigenvalue weighted by Gasteiger charge is -2.14. The minimum Gasteiger partial charge on any atom is -0.304 e. The predicted molar refractivity (Wildman–Crippen MR) is 57.2 cm³/mol. The van der Waals surface area contributed by atoms with Crippen LogP contribution in [0.25, 0.3) is 0 Å². The molecule has 80 valence electrons. The van der Waals surface area contributed by atoms with Gasteiger partial charge in [-0.2, -0.15) is 0 Å². The Balaban J connectivity index is 3.74. The van der Waals surface area contributed by atoms with Gasteiger partial charge in [0.05, 0.1) is 5.75 Å². The molecule has 0 aliphatic rings. The van der Waals surface area contributed by atoms with E-state index in [0.29, 0.717) is 24.6 Å². The first kappa shape index (κ1) is 13.2. The fourth-order valence-electron chi connectivity index (χ4n) is 0.964. The van der Waals surface area contributed by atoms with Gasteiger partial charge in [-0.3, -0.25) is 0 Å². The Bertz CT molecular complexity index is 216. The van der Waals surface area contributed by atoms with Crippen molar-refractivity contribution in [1.82, 2.24) is 4.90 Å². The van der Waals surface area contributed by atoms with Crippen molar-refractivity contribution in [2.45, 2.75) is 13.3 Å². The SMILES string of the molecule is CCCS(=O)(=O)CCN(C)CCCl. The van der Waals surface area contributed by atoms with E-state index in [0.717, 1.165) is 6.54 Å². The van der Waals surface area contributed by atoms with Crippen molar-refractivity contribution < 1.29 is 8.42 Å². The highest BCUT2D eigenvalue weighted by Gasteiger charge is 2.10. The van der Waals surface area contributed by atoms with E-state index in [-0.39, 0.29) is 5.75 Å². The van der Waals surface area contributed by atoms with E-state index in [9.17, 15) is 8.42 Å². The molecule has 0 aromatic rings. The van der Waals surface area contributed by atoms with E-state index in [4.69, 9.17) is 11.6 Å². The monoisotopic (exact) mass is 227 g/mol. The Morgan fingerprint density at radius 3 is 2.31 bits per heavy atom. The minimum absolute atomic E-state index is 0.244. The van der Waals surface area contributed by atoms with E-state index < -0.39 is 9.84 Å². The molecular formula is C8H18ClNO2S. The van der Waals surface area contributed by atoms with Gasteiger partial charge < -0.3 is 4.90 Å². The number of alkyl halides is 1. The van der Waals surface area contributed by atoms with E-state index >= 15 is 0 Å². The molecule has 0 fully saturated rings. The number of hydrogen-bond acceptors (Lipinski definition) is 3.